The first-order valence-electron chi connectivity index (χ1n) is 11.6. The summed E-state index contributed by atoms with van der Waals surface area (Å²) in [4.78, 5) is 25.0. The molecule has 0 amide bonds. The molecule has 9 atom stereocenters. The van der Waals surface area contributed by atoms with Gasteiger partial charge in [0.05, 0.1) is 17.4 Å². The number of ether oxygens (including phenoxy) is 1. The van der Waals surface area contributed by atoms with Crippen molar-refractivity contribution in [1.82, 2.24) is 0 Å². The molecule has 0 radical (unpaired) electrons. The lowest BCUT2D eigenvalue weighted by molar-refractivity contribution is -0.171. The summed E-state index contributed by atoms with van der Waals surface area (Å²) in [6.45, 7) is 10.9. The first-order chi connectivity index (χ1) is 13.7. The number of nitriles is 1. The Bertz CT molecular complexity index is 841. The topological polar surface area (TPSA) is 67.2 Å². The van der Waals surface area contributed by atoms with E-state index in [2.05, 4.69) is 26.5 Å². The number of allylic oxidation sites excluding steroid dienone is 1. The number of ketones is 1. The van der Waals surface area contributed by atoms with E-state index in [4.69, 9.17) is 4.74 Å². The Morgan fingerprint density at radius 2 is 2.00 bits per heavy atom. The van der Waals surface area contributed by atoms with Crippen LogP contribution < -0.4 is 0 Å². The quantitative estimate of drug-likeness (QED) is 0.496. The summed E-state index contributed by atoms with van der Waals surface area (Å²) in [7, 11) is 0. The lowest BCUT2D eigenvalue weighted by atomic mass is 9.40. The standard InChI is InChI=1S/C25H33NO3/c1-5-20(28)29-19-7-6-16-21-15-12-25(13-26)22(14(15)2)18(27)9-11-24(25,4)17(21)8-10-23(16,19)3/h15-17,19,21-22H,2,5-12H2,1,3-4H3/t15-,16?,17?,19-,21?,22+,23?,24?,25-/m0/s1. The van der Waals surface area contributed by atoms with Crippen molar-refractivity contribution in [3.8, 4) is 6.07 Å². The minimum atomic E-state index is -0.550. The molecule has 2 bridgehead atoms. The van der Waals surface area contributed by atoms with E-state index in [-0.39, 0.29) is 40.5 Å². The van der Waals surface area contributed by atoms with E-state index >= 15 is 0 Å². The van der Waals surface area contributed by atoms with Gasteiger partial charge in [-0.25, -0.2) is 0 Å². The van der Waals surface area contributed by atoms with Crippen LogP contribution in [-0.2, 0) is 14.3 Å². The summed E-state index contributed by atoms with van der Waals surface area (Å²) in [6, 6.07) is 2.71. The summed E-state index contributed by atoms with van der Waals surface area (Å²) in [6.07, 6.45) is 6.82. The highest BCUT2D eigenvalue weighted by Gasteiger charge is 2.74. The molecule has 5 saturated carbocycles. The number of nitrogens with zero attached hydrogens (tertiary/aromatic N) is 1. The number of hydrogen-bond donors (Lipinski definition) is 0. The van der Waals surface area contributed by atoms with Gasteiger partial charge in [0.2, 0.25) is 0 Å². The lowest BCUT2D eigenvalue weighted by Gasteiger charge is -2.62. The number of hydrogen-bond acceptors (Lipinski definition) is 4. The van der Waals surface area contributed by atoms with Crippen molar-refractivity contribution in [2.75, 3.05) is 0 Å². The van der Waals surface area contributed by atoms with E-state index < -0.39 is 5.41 Å². The lowest BCUT2D eigenvalue weighted by Crippen LogP contribution is -2.59. The molecule has 4 nitrogen and oxygen atoms in total. The average Bonchev–Trinajstić information content (AvgIpc) is 3.19. The van der Waals surface area contributed by atoms with Crippen LogP contribution >= 0.6 is 0 Å². The molecule has 0 aromatic carbocycles. The van der Waals surface area contributed by atoms with Crippen LogP contribution in [0.15, 0.2) is 12.2 Å². The molecular formula is C25H33NO3. The molecule has 5 rings (SSSR count). The Kier molecular flexibility index (Phi) is 3.97. The monoisotopic (exact) mass is 395 g/mol. The van der Waals surface area contributed by atoms with Crippen molar-refractivity contribution >= 4 is 11.8 Å². The van der Waals surface area contributed by atoms with Gasteiger partial charge in [-0.2, -0.15) is 5.26 Å². The smallest absolute Gasteiger partial charge is 0.305 e. The Hall–Kier alpha value is -1.63. The fourth-order valence-electron chi connectivity index (χ4n) is 8.95. The first kappa shape index (κ1) is 19.3. The zero-order chi connectivity index (χ0) is 20.8. The van der Waals surface area contributed by atoms with Gasteiger partial charge in [0.15, 0.2) is 0 Å². The number of Topliss-reactive ketones (excluding diaryl/α,β-unsaturated/α-hetero) is 1. The van der Waals surface area contributed by atoms with Gasteiger partial charge < -0.3 is 4.74 Å². The van der Waals surface area contributed by atoms with Gasteiger partial charge >= 0.3 is 5.97 Å². The zero-order valence-electron chi connectivity index (χ0n) is 18.0. The highest BCUT2D eigenvalue weighted by molar-refractivity contribution is 5.87. The maximum Gasteiger partial charge on any atom is 0.305 e. The van der Waals surface area contributed by atoms with Crippen LogP contribution in [0.2, 0.25) is 0 Å². The molecule has 0 aliphatic heterocycles. The Balaban J connectivity index is 1.57. The SMILES string of the molecule is C=C1[C@@H]2C(=O)CCC3(C)C4CCC5(C)C(CC[C@@H]5OC(=O)CC)C4[C@H]1C[C@]23C#N. The van der Waals surface area contributed by atoms with Gasteiger partial charge in [0.1, 0.15) is 11.9 Å². The highest BCUT2D eigenvalue weighted by Crippen LogP contribution is 2.77. The maximum absolute atomic E-state index is 12.9. The molecule has 0 heterocycles. The predicted molar refractivity (Wildman–Crippen MR) is 108 cm³/mol. The fraction of sp³-hybridized carbons (Fsp3) is 0.800. The van der Waals surface area contributed by atoms with Crippen molar-refractivity contribution in [2.45, 2.75) is 78.2 Å². The summed E-state index contributed by atoms with van der Waals surface area (Å²) >= 11 is 0. The van der Waals surface area contributed by atoms with Crippen molar-refractivity contribution < 1.29 is 14.3 Å². The van der Waals surface area contributed by atoms with E-state index in [9.17, 15) is 14.9 Å². The zero-order valence-corrected chi connectivity index (χ0v) is 18.0. The minimum absolute atomic E-state index is 0.00651. The van der Waals surface area contributed by atoms with Crippen molar-refractivity contribution in [3.05, 3.63) is 12.2 Å². The number of carbonyl (C=O) groups excluding carboxylic acids is 2. The van der Waals surface area contributed by atoms with Gasteiger partial charge in [-0.3, -0.25) is 9.59 Å². The van der Waals surface area contributed by atoms with Crippen LogP contribution in [0.1, 0.15) is 72.1 Å². The molecule has 156 valence electrons. The van der Waals surface area contributed by atoms with E-state index in [1.807, 2.05) is 6.92 Å². The second-order valence-corrected chi connectivity index (χ2v) is 11.0. The molecule has 5 unspecified atom stereocenters. The number of carbonyl (C=O) groups is 2. The molecule has 0 aromatic rings. The van der Waals surface area contributed by atoms with Crippen molar-refractivity contribution in [1.29, 1.82) is 5.26 Å². The Morgan fingerprint density at radius 3 is 2.69 bits per heavy atom. The molecule has 0 saturated heterocycles. The van der Waals surface area contributed by atoms with Gasteiger partial charge in [-0.1, -0.05) is 32.9 Å². The number of esters is 1. The Labute approximate surface area is 174 Å². The highest BCUT2D eigenvalue weighted by atomic mass is 16.5. The molecule has 5 fully saturated rings. The Morgan fingerprint density at radius 1 is 1.24 bits per heavy atom. The summed E-state index contributed by atoms with van der Waals surface area (Å²) in [5.74, 6) is 1.58. The van der Waals surface area contributed by atoms with Crippen LogP contribution in [-0.4, -0.2) is 17.9 Å². The molecule has 0 N–H and O–H groups in total. The van der Waals surface area contributed by atoms with Crippen LogP contribution in [0.5, 0.6) is 0 Å². The van der Waals surface area contributed by atoms with Gasteiger partial charge in [-0.15, -0.1) is 0 Å². The molecule has 5 aliphatic carbocycles. The van der Waals surface area contributed by atoms with Gasteiger partial charge in [-0.05, 0) is 67.6 Å². The maximum atomic E-state index is 12.9. The summed E-state index contributed by atoms with van der Waals surface area (Å²) < 4.78 is 5.92. The normalized spacial score (nSPS) is 52.5. The number of rotatable bonds is 2. The van der Waals surface area contributed by atoms with E-state index in [1.54, 1.807) is 0 Å². The first-order valence-corrected chi connectivity index (χ1v) is 11.6. The van der Waals surface area contributed by atoms with Crippen molar-refractivity contribution in [3.63, 3.8) is 0 Å². The average molecular weight is 396 g/mol. The fourth-order valence-corrected chi connectivity index (χ4v) is 8.95. The molecule has 29 heavy (non-hydrogen) atoms. The molecular weight excluding hydrogens is 362 g/mol. The van der Waals surface area contributed by atoms with Crippen molar-refractivity contribution in [2.24, 2.45) is 45.8 Å². The third-order valence-corrected chi connectivity index (χ3v) is 10.4. The third kappa shape index (κ3) is 2.10. The minimum Gasteiger partial charge on any atom is -0.462 e. The van der Waals surface area contributed by atoms with Gasteiger partial charge in [0, 0.05) is 18.3 Å². The van der Waals surface area contributed by atoms with Crippen LogP contribution in [0.4, 0.5) is 0 Å². The number of fused-ring (bicyclic) bond motifs is 6. The van der Waals surface area contributed by atoms with Crippen LogP contribution in [0.25, 0.3) is 0 Å². The van der Waals surface area contributed by atoms with E-state index in [0.717, 1.165) is 44.1 Å². The second kappa shape index (κ2) is 5.96. The molecule has 0 aromatic heterocycles. The van der Waals surface area contributed by atoms with Crippen LogP contribution in [0, 0.1) is 57.2 Å². The van der Waals surface area contributed by atoms with E-state index in [0.29, 0.717) is 30.6 Å². The van der Waals surface area contributed by atoms with Gasteiger partial charge in [0.25, 0.3) is 0 Å². The molecule has 0 spiro atoms. The summed E-state index contributed by atoms with van der Waals surface area (Å²) in [5, 5.41) is 10.4. The second-order valence-electron chi connectivity index (χ2n) is 11.0. The predicted octanol–water partition coefficient (Wildman–Crippen LogP) is 4.84. The molecule has 4 heteroatoms. The van der Waals surface area contributed by atoms with Crippen LogP contribution in [0.3, 0.4) is 0 Å². The van der Waals surface area contributed by atoms with E-state index in [1.165, 1.54) is 0 Å². The third-order valence-electron chi connectivity index (χ3n) is 10.4. The molecule has 5 aliphatic rings. The summed E-state index contributed by atoms with van der Waals surface area (Å²) in [5.41, 5.74) is 0.399. The largest absolute Gasteiger partial charge is 0.462 e.